The molecular weight excluding hydrogens is 370 g/mol. The number of benzene rings is 2. The van der Waals surface area contributed by atoms with E-state index in [1.54, 1.807) is 32.4 Å². The third-order valence-electron chi connectivity index (χ3n) is 3.51. The van der Waals surface area contributed by atoms with Crippen LogP contribution in [-0.2, 0) is 16.0 Å². The molecule has 6 heteroatoms. The van der Waals surface area contributed by atoms with Crippen LogP contribution in [0.1, 0.15) is 34.8 Å². The van der Waals surface area contributed by atoms with Crippen molar-refractivity contribution in [3.8, 4) is 5.75 Å². The molecular formula is C23H33NO5. The van der Waals surface area contributed by atoms with E-state index in [4.69, 9.17) is 15.6 Å². The molecule has 0 fully saturated rings. The normalized spacial score (nSPS) is 9.62. The lowest BCUT2D eigenvalue weighted by Gasteiger charge is -2.09. The van der Waals surface area contributed by atoms with Gasteiger partial charge in [-0.2, -0.15) is 0 Å². The SMILES string of the molecule is C=O.CCc1ccccc1.COC.NCC/C(=C\CO)c1ccc(C=O)cc1O. The summed E-state index contributed by atoms with van der Waals surface area (Å²) in [5, 5.41) is 18.6. The second-order valence-electron chi connectivity index (χ2n) is 5.59. The van der Waals surface area contributed by atoms with Crippen molar-refractivity contribution < 1.29 is 24.5 Å². The molecule has 160 valence electrons. The number of aldehydes is 1. The molecule has 0 atom stereocenters. The van der Waals surface area contributed by atoms with E-state index in [-0.39, 0.29) is 12.4 Å². The zero-order chi connectivity index (χ0) is 22.5. The van der Waals surface area contributed by atoms with Crippen LogP contribution in [0.3, 0.4) is 0 Å². The van der Waals surface area contributed by atoms with Crippen molar-refractivity contribution in [2.24, 2.45) is 5.73 Å². The van der Waals surface area contributed by atoms with Gasteiger partial charge in [0.05, 0.1) is 6.61 Å². The number of nitrogens with two attached hydrogens (primary N) is 1. The van der Waals surface area contributed by atoms with Crippen LogP contribution in [0, 0.1) is 0 Å². The number of aliphatic hydroxyl groups excluding tert-OH is 1. The summed E-state index contributed by atoms with van der Waals surface area (Å²) < 4.78 is 4.25. The third kappa shape index (κ3) is 13.1. The lowest BCUT2D eigenvalue weighted by molar-refractivity contribution is -0.0980. The van der Waals surface area contributed by atoms with Crippen LogP contribution in [0.2, 0.25) is 0 Å². The number of aryl methyl sites for hydroxylation is 1. The molecule has 0 aromatic heterocycles. The quantitative estimate of drug-likeness (QED) is 0.639. The number of ether oxygens (including phenoxy) is 1. The van der Waals surface area contributed by atoms with Crippen LogP contribution in [0.15, 0.2) is 54.6 Å². The molecule has 2 rings (SSSR count). The number of carbonyl (C=O) groups excluding carboxylic acids is 2. The Hall–Kier alpha value is -2.80. The molecule has 0 aliphatic carbocycles. The number of hydrogen-bond donors (Lipinski definition) is 3. The molecule has 0 radical (unpaired) electrons. The first kappa shape index (κ1) is 28.4. The van der Waals surface area contributed by atoms with Crippen LogP contribution in [-0.4, -0.2) is 50.7 Å². The predicted octanol–water partition coefficient (Wildman–Crippen LogP) is 3.26. The van der Waals surface area contributed by atoms with E-state index in [2.05, 4.69) is 35.9 Å². The molecule has 0 saturated heterocycles. The van der Waals surface area contributed by atoms with E-state index in [1.165, 1.54) is 11.6 Å². The van der Waals surface area contributed by atoms with Crippen molar-refractivity contribution in [3.63, 3.8) is 0 Å². The number of aliphatic hydroxyl groups is 1. The van der Waals surface area contributed by atoms with Crippen LogP contribution in [0.25, 0.3) is 5.57 Å². The largest absolute Gasteiger partial charge is 0.507 e. The summed E-state index contributed by atoms with van der Waals surface area (Å²) in [6.07, 6.45) is 3.97. The molecule has 6 nitrogen and oxygen atoms in total. The monoisotopic (exact) mass is 403 g/mol. The van der Waals surface area contributed by atoms with Gasteiger partial charge in [0.15, 0.2) is 0 Å². The molecule has 0 spiro atoms. The molecule has 0 unspecified atom stereocenters. The molecule has 4 N–H and O–H groups in total. The Morgan fingerprint density at radius 1 is 1.14 bits per heavy atom. The summed E-state index contributed by atoms with van der Waals surface area (Å²) in [5.74, 6) is 0.0257. The van der Waals surface area contributed by atoms with E-state index in [0.29, 0.717) is 30.4 Å². The second kappa shape index (κ2) is 19.9. The molecule has 2 aromatic carbocycles. The van der Waals surface area contributed by atoms with E-state index >= 15 is 0 Å². The molecule has 2 aromatic rings. The van der Waals surface area contributed by atoms with Crippen molar-refractivity contribution >= 4 is 18.6 Å². The second-order valence-corrected chi connectivity index (χ2v) is 5.59. The highest BCUT2D eigenvalue weighted by atomic mass is 16.4. The smallest absolute Gasteiger partial charge is 0.150 e. The number of rotatable bonds is 6. The summed E-state index contributed by atoms with van der Waals surface area (Å²) in [4.78, 5) is 18.5. The Morgan fingerprint density at radius 2 is 1.72 bits per heavy atom. The summed E-state index contributed by atoms with van der Waals surface area (Å²) >= 11 is 0. The summed E-state index contributed by atoms with van der Waals surface area (Å²) in [5.41, 5.74) is 8.65. The zero-order valence-corrected chi connectivity index (χ0v) is 17.5. The maximum Gasteiger partial charge on any atom is 0.150 e. The molecule has 0 bridgehead atoms. The van der Waals surface area contributed by atoms with Gasteiger partial charge in [0.1, 0.15) is 18.8 Å². The van der Waals surface area contributed by atoms with Gasteiger partial charge in [0, 0.05) is 25.3 Å². The highest BCUT2D eigenvalue weighted by molar-refractivity contribution is 5.79. The summed E-state index contributed by atoms with van der Waals surface area (Å²) in [7, 11) is 3.25. The van der Waals surface area contributed by atoms with Gasteiger partial charge in [-0.25, -0.2) is 0 Å². The van der Waals surface area contributed by atoms with Crippen molar-refractivity contribution in [1.29, 1.82) is 0 Å². The van der Waals surface area contributed by atoms with Gasteiger partial charge >= 0.3 is 0 Å². The lowest BCUT2D eigenvalue weighted by Crippen LogP contribution is -2.01. The van der Waals surface area contributed by atoms with E-state index in [9.17, 15) is 9.90 Å². The zero-order valence-electron chi connectivity index (χ0n) is 17.5. The topological polar surface area (TPSA) is 110 Å². The Bertz CT molecular complexity index is 687. The Labute approximate surface area is 173 Å². The average Bonchev–Trinajstić information content (AvgIpc) is 2.76. The molecule has 0 aliphatic heterocycles. The highest BCUT2D eigenvalue weighted by Crippen LogP contribution is 2.27. The number of aromatic hydroxyl groups is 1. The van der Waals surface area contributed by atoms with Crippen LogP contribution >= 0.6 is 0 Å². The fourth-order valence-corrected chi connectivity index (χ4v) is 2.22. The number of hydrogen-bond acceptors (Lipinski definition) is 6. The number of phenols is 1. The molecule has 29 heavy (non-hydrogen) atoms. The standard InChI is InChI=1S/C12H15NO3.C8H10.C2H6O.CH2O/c13-5-3-10(4-6-14)11-2-1-9(8-15)7-12(11)16;1-2-8-6-4-3-5-7-8;1-3-2;1-2/h1-2,4,7-8,14,16H,3,5-6,13H2;3-7H,2H2,1H3;1-2H3;1H2/b10-4+;;;. The molecule has 0 amide bonds. The summed E-state index contributed by atoms with van der Waals surface area (Å²) in [6.45, 7) is 4.49. The van der Waals surface area contributed by atoms with Gasteiger partial charge in [-0.1, -0.05) is 55.5 Å². The van der Waals surface area contributed by atoms with Gasteiger partial charge in [-0.3, -0.25) is 4.79 Å². The first-order valence-corrected chi connectivity index (χ1v) is 9.09. The first-order valence-electron chi connectivity index (χ1n) is 9.09. The lowest BCUT2D eigenvalue weighted by atomic mass is 10.00. The van der Waals surface area contributed by atoms with E-state index in [1.807, 2.05) is 12.9 Å². The van der Waals surface area contributed by atoms with Crippen molar-refractivity contribution in [3.05, 3.63) is 71.3 Å². The van der Waals surface area contributed by atoms with Gasteiger partial charge < -0.3 is 25.5 Å². The van der Waals surface area contributed by atoms with Crippen molar-refractivity contribution in [2.45, 2.75) is 19.8 Å². The fourth-order valence-electron chi connectivity index (χ4n) is 2.22. The number of methoxy groups -OCH3 is 1. The number of carbonyl (C=O) groups is 2. The van der Waals surface area contributed by atoms with Crippen LogP contribution in [0.5, 0.6) is 5.75 Å². The van der Waals surface area contributed by atoms with Gasteiger partial charge in [-0.05, 0) is 36.6 Å². The maximum absolute atomic E-state index is 10.5. The summed E-state index contributed by atoms with van der Waals surface area (Å²) in [6, 6.07) is 15.1. The van der Waals surface area contributed by atoms with Crippen molar-refractivity contribution in [1.82, 2.24) is 0 Å². The minimum Gasteiger partial charge on any atom is -0.507 e. The molecule has 0 saturated carbocycles. The molecule has 0 aliphatic rings. The third-order valence-corrected chi connectivity index (χ3v) is 3.51. The maximum atomic E-state index is 10.5. The van der Waals surface area contributed by atoms with Crippen LogP contribution in [0.4, 0.5) is 0 Å². The highest BCUT2D eigenvalue weighted by Gasteiger charge is 2.07. The minimum atomic E-state index is -0.107. The van der Waals surface area contributed by atoms with E-state index < -0.39 is 0 Å². The molecule has 0 heterocycles. The number of phenolic OH excluding ortho intramolecular Hbond substituents is 1. The predicted molar refractivity (Wildman–Crippen MR) is 118 cm³/mol. The van der Waals surface area contributed by atoms with Crippen LogP contribution < -0.4 is 5.73 Å². The Balaban J connectivity index is 0. The van der Waals surface area contributed by atoms with Crippen molar-refractivity contribution in [2.75, 3.05) is 27.4 Å². The minimum absolute atomic E-state index is 0.0257. The Morgan fingerprint density at radius 3 is 2.10 bits per heavy atom. The Kier molecular flexibility index (Phi) is 19.5. The van der Waals surface area contributed by atoms with Gasteiger partial charge in [0.2, 0.25) is 0 Å². The van der Waals surface area contributed by atoms with Gasteiger partial charge in [-0.15, -0.1) is 0 Å². The fraction of sp³-hybridized carbons (Fsp3) is 0.304. The average molecular weight is 404 g/mol. The van der Waals surface area contributed by atoms with Gasteiger partial charge in [0.25, 0.3) is 0 Å². The first-order chi connectivity index (χ1) is 14.1. The van der Waals surface area contributed by atoms with E-state index in [0.717, 1.165) is 12.0 Å².